The van der Waals surface area contributed by atoms with Crippen LogP contribution < -0.4 is 4.74 Å². The number of carbonyl (C=O) groups excluding carboxylic acids is 2. The van der Waals surface area contributed by atoms with Crippen LogP contribution in [0.1, 0.15) is 12.0 Å². The molecule has 1 saturated heterocycles. The summed E-state index contributed by atoms with van der Waals surface area (Å²) in [5.74, 6) is -1.55. The van der Waals surface area contributed by atoms with Crippen LogP contribution in [0.15, 0.2) is 48.6 Å². The van der Waals surface area contributed by atoms with Crippen LogP contribution in [0.3, 0.4) is 0 Å². The van der Waals surface area contributed by atoms with Gasteiger partial charge in [0.05, 0.1) is 13.5 Å². The van der Waals surface area contributed by atoms with E-state index in [1.807, 2.05) is 35.2 Å². The molecule has 0 N–H and O–H groups in total. The van der Waals surface area contributed by atoms with Crippen molar-refractivity contribution in [2.24, 2.45) is 0 Å². The van der Waals surface area contributed by atoms with Gasteiger partial charge in [0.25, 0.3) is 0 Å². The van der Waals surface area contributed by atoms with E-state index < -0.39 is 17.8 Å². The van der Waals surface area contributed by atoms with Gasteiger partial charge in [0.15, 0.2) is 0 Å². The lowest BCUT2D eigenvalue weighted by molar-refractivity contribution is -0.325. The molecule has 4 rings (SSSR count). The highest BCUT2D eigenvalue weighted by atomic mass is 16.8. The van der Waals surface area contributed by atoms with Gasteiger partial charge < -0.3 is 14.2 Å². The van der Waals surface area contributed by atoms with E-state index in [0.29, 0.717) is 19.5 Å². The fourth-order valence-corrected chi connectivity index (χ4v) is 3.43. The number of nitrogens with zero attached hydrogens (tertiary/aromatic N) is 1. The van der Waals surface area contributed by atoms with Crippen molar-refractivity contribution >= 4 is 22.7 Å². The molecule has 0 aromatic heterocycles. The van der Waals surface area contributed by atoms with Gasteiger partial charge in [-0.3, -0.25) is 0 Å². The van der Waals surface area contributed by atoms with Crippen molar-refractivity contribution in [1.82, 2.24) is 4.90 Å². The van der Waals surface area contributed by atoms with Crippen molar-refractivity contribution in [3.05, 3.63) is 54.1 Å². The van der Waals surface area contributed by atoms with Gasteiger partial charge in [-0.05, 0) is 34.9 Å². The minimum Gasteiger partial charge on any atom is -0.497 e. The topological polar surface area (TPSA) is 65.1 Å². The number of benzene rings is 2. The molecular formula is C20H19NO5. The van der Waals surface area contributed by atoms with Crippen molar-refractivity contribution < 1.29 is 23.8 Å². The minimum absolute atomic E-state index is 0.485. The number of fused-ring (bicyclic) bond motifs is 1. The zero-order chi connectivity index (χ0) is 18.1. The first-order valence-electron chi connectivity index (χ1n) is 8.54. The zero-order valence-corrected chi connectivity index (χ0v) is 14.4. The first-order valence-corrected chi connectivity index (χ1v) is 8.54. The van der Waals surface area contributed by atoms with E-state index in [1.54, 1.807) is 7.11 Å². The standard InChI is InChI=1S/C20H19NO5/c1-24-16-5-6-17-14(3-2-4-15(17)13-16)9-11-21-12-10-20(21)25-18(22)7-8-19(23)26-20/h2-8,13H,9-12H2,1H3. The maximum atomic E-state index is 11.7. The van der Waals surface area contributed by atoms with E-state index in [4.69, 9.17) is 14.2 Å². The molecule has 0 saturated carbocycles. The molecule has 2 heterocycles. The van der Waals surface area contributed by atoms with Crippen LogP contribution in [0.5, 0.6) is 5.75 Å². The third-order valence-electron chi connectivity index (χ3n) is 4.88. The first kappa shape index (κ1) is 16.6. The van der Waals surface area contributed by atoms with Crippen LogP contribution in [-0.4, -0.2) is 42.9 Å². The van der Waals surface area contributed by atoms with Gasteiger partial charge in [0.1, 0.15) is 5.75 Å². The third kappa shape index (κ3) is 2.93. The molecular weight excluding hydrogens is 334 g/mol. The Bertz CT molecular complexity index is 884. The lowest BCUT2D eigenvalue weighted by Gasteiger charge is -2.48. The molecule has 0 radical (unpaired) electrons. The largest absolute Gasteiger partial charge is 0.497 e. The number of esters is 2. The van der Waals surface area contributed by atoms with E-state index in [0.717, 1.165) is 35.1 Å². The second-order valence-corrected chi connectivity index (χ2v) is 6.38. The molecule has 1 fully saturated rings. The summed E-state index contributed by atoms with van der Waals surface area (Å²) >= 11 is 0. The summed E-state index contributed by atoms with van der Waals surface area (Å²) in [5.41, 5.74) is 1.18. The van der Waals surface area contributed by atoms with Gasteiger partial charge in [0.2, 0.25) is 0 Å². The number of carbonyl (C=O) groups is 2. The Morgan fingerprint density at radius 2 is 1.88 bits per heavy atom. The van der Waals surface area contributed by atoms with Crippen LogP contribution in [-0.2, 0) is 25.5 Å². The highest BCUT2D eigenvalue weighted by molar-refractivity contribution is 5.93. The van der Waals surface area contributed by atoms with Crippen molar-refractivity contribution in [2.75, 3.05) is 20.2 Å². The first-order chi connectivity index (χ1) is 12.6. The van der Waals surface area contributed by atoms with E-state index >= 15 is 0 Å². The quantitative estimate of drug-likeness (QED) is 0.787. The molecule has 2 aromatic carbocycles. The van der Waals surface area contributed by atoms with Gasteiger partial charge in [0, 0.05) is 25.2 Å². The van der Waals surface area contributed by atoms with Gasteiger partial charge in [-0.25, -0.2) is 14.5 Å². The average Bonchev–Trinajstić information content (AvgIpc) is 2.80. The molecule has 26 heavy (non-hydrogen) atoms. The SMILES string of the molecule is COc1ccc2c(CCN3CCC34OC(=O)C=CC(=O)O4)cccc2c1. The van der Waals surface area contributed by atoms with E-state index in [2.05, 4.69) is 6.07 Å². The van der Waals surface area contributed by atoms with Gasteiger partial charge in [-0.1, -0.05) is 24.3 Å². The summed E-state index contributed by atoms with van der Waals surface area (Å²) in [5, 5.41) is 2.26. The number of rotatable bonds is 4. The van der Waals surface area contributed by atoms with Gasteiger partial charge in [-0.15, -0.1) is 0 Å². The Balaban J connectivity index is 1.52. The number of hydrogen-bond acceptors (Lipinski definition) is 6. The van der Waals surface area contributed by atoms with Crippen molar-refractivity contribution in [3.8, 4) is 5.75 Å². The minimum atomic E-state index is -1.26. The van der Waals surface area contributed by atoms with Crippen LogP contribution >= 0.6 is 0 Å². The Morgan fingerprint density at radius 3 is 2.54 bits per heavy atom. The molecule has 6 nitrogen and oxygen atoms in total. The Hall–Kier alpha value is -2.86. The number of hydrogen-bond donors (Lipinski definition) is 0. The average molecular weight is 353 g/mol. The molecule has 134 valence electrons. The normalized spacial score (nSPS) is 19.0. The highest BCUT2D eigenvalue weighted by Crippen LogP contribution is 2.35. The van der Waals surface area contributed by atoms with Gasteiger partial charge in [-0.2, -0.15) is 0 Å². The molecule has 0 unspecified atom stereocenters. The highest BCUT2D eigenvalue weighted by Gasteiger charge is 2.52. The molecule has 1 spiro atoms. The van der Waals surface area contributed by atoms with Crippen LogP contribution in [0.4, 0.5) is 0 Å². The zero-order valence-electron chi connectivity index (χ0n) is 14.4. The van der Waals surface area contributed by atoms with Gasteiger partial charge >= 0.3 is 17.8 Å². The second kappa shape index (κ2) is 6.46. The molecule has 2 aliphatic heterocycles. The Labute approximate surface area is 150 Å². The van der Waals surface area contributed by atoms with E-state index in [9.17, 15) is 9.59 Å². The van der Waals surface area contributed by atoms with Crippen LogP contribution in [0.25, 0.3) is 10.8 Å². The van der Waals surface area contributed by atoms with Crippen molar-refractivity contribution in [2.45, 2.75) is 18.8 Å². The van der Waals surface area contributed by atoms with E-state index in [-0.39, 0.29) is 0 Å². The third-order valence-corrected chi connectivity index (χ3v) is 4.88. The number of likely N-dealkylation sites (tertiary alicyclic amines) is 1. The predicted molar refractivity (Wildman–Crippen MR) is 94.4 cm³/mol. The molecule has 2 aromatic rings. The molecule has 0 amide bonds. The summed E-state index contributed by atoms with van der Waals surface area (Å²) in [4.78, 5) is 25.3. The second-order valence-electron chi connectivity index (χ2n) is 6.38. The molecule has 0 aliphatic carbocycles. The molecule has 0 bridgehead atoms. The monoisotopic (exact) mass is 353 g/mol. The van der Waals surface area contributed by atoms with E-state index in [1.165, 1.54) is 5.56 Å². The maximum Gasteiger partial charge on any atom is 0.335 e. The summed E-state index contributed by atoms with van der Waals surface area (Å²) < 4.78 is 16.0. The predicted octanol–water partition coefficient (Wildman–Crippen LogP) is 2.41. The molecule has 0 atom stereocenters. The summed E-state index contributed by atoms with van der Waals surface area (Å²) in [6.07, 6.45) is 3.43. The maximum absolute atomic E-state index is 11.7. The van der Waals surface area contributed by atoms with Crippen molar-refractivity contribution in [3.63, 3.8) is 0 Å². The fraction of sp³-hybridized carbons (Fsp3) is 0.300. The summed E-state index contributed by atoms with van der Waals surface area (Å²) in [6, 6.07) is 12.1. The van der Waals surface area contributed by atoms with Crippen LogP contribution in [0, 0.1) is 0 Å². The Morgan fingerprint density at radius 1 is 1.12 bits per heavy atom. The Kier molecular flexibility index (Phi) is 4.12. The lowest BCUT2D eigenvalue weighted by atomic mass is 10.0. The van der Waals surface area contributed by atoms with Crippen molar-refractivity contribution in [1.29, 1.82) is 0 Å². The number of methoxy groups -OCH3 is 1. The molecule has 2 aliphatic rings. The number of ether oxygens (including phenoxy) is 3. The summed E-state index contributed by atoms with van der Waals surface area (Å²) in [7, 11) is 1.65. The van der Waals surface area contributed by atoms with Crippen LogP contribution in [0.2, 0.25) is 0 Å². The molecule has 6 heteroatoms. The summed E-state index contributed by atoms with van der Waals surface area (Å²) in [6.45, 7) is 1.32. The smallest absolute Gasteiger partial charge is 0.335 e. The fourth-order valence-electron chi connectivity index (χ4n) is 3.43. The lowest BCUT2D eigenvalue weighted by Crippen LogP contribution is -2.64.